The maximum Gasteiger partial charge on any atom is 0.416 e. The van der Waals surface area contributed by atoms with Gasteiger partial charge in [-0.2, -0.15) is 26.3 Å². The highest BCUT2D eigenvalue weighted by atomic mass is 19.4. The molecule has 0 saturated carbocycles. The topological polar surface area (TPSA) is 105 Å². The third kappa shape index (κ3) is 6.52. The van der Waals surface area contributed by atoms with E-state index in [2.05, 4.69) is 9.97 Å². The minimum Gasteiger partial charge on any atom is -0.481 e. The van der Waals surface area contributed by atoms with Crippen LogP contribution in [0.25, 0.3) is 22.3 Å². The van der Waals surface area contributed by atoms with Gasteiger partial charge in [-0.05, 0) is 97.0 Å². The summed E-state index contributed by atoms with van der Waals surface area (Å²) in [4.78, 5) is 37.4. The summed E-state index contributed by atoms with van der Waals surface area (Å²) in [6.07, 6.45) is -8.67. The molecule has 1 N–H and O–H groups in total. The van der Waals surface area contributed by atoms with Crippen LogP contribution >= 0.6 is 0 Å². The number of halogens is 6. The molecule has 2 fully saturated rings. The summed E-state index contributed by atoms with van der Waals surface area (Å²) in [5.74, 6) is -0.325. The van der Waals surface area contributed by atoms with Gasteiger partial charge in [0.1, 0.15) is 11.9 Å². The Morgan fingerprint density at radius 2 is 1.53 bits per heavy atom. The number of hydrogen-bond donors (Lipinski definition) is 1. The summed E-state index contributed by atoms with van der Waals surface area (Å²) < 4.78 is 93.5. The number of fused-ring (bicyclic) bond motifs is 1. The van der Waals surface area contributed by atoms with Gasteiger partial charge in [-0.15, -0.1) is 0 Å². The number of carboxylic acids is 1. The second-order valence-corrected chi connectivity index (χ2v) is 12.8. The molecule has 3 atom stereocenters. The van der Waals surface area contributed by atoms with Crippen molar-refractivity contribution < 1.29 is 50.5 Å². The number of carbonyl (C=O) groups is 2. The van der Waals surface area contributed by atoms with Gasteiger partial charge in [0, 0.05) is 43.2 Å². The number of methoxy groups -OCH3 is 1. The fourth-order valence-electron chi connectivity index (χ4n) is 7.08. The molecule has 4 heterocycles. The number of cyclic esters (lactones) is 1. The number of benzene rings is 2. The van der Waals surface area contributed by atoms with Gasteiger partial charge >= 0.3 is 24.4 Å². The highest BCUT2D eigenvalue weighted by Gasteiger charge is 2.51. The molecule has 0 unspecified atom stereocenters. The van der Waals surface area contributed by atoms with Crippen molar-refractivity contribution in [1.82, 2.24) is 14.9 Å². The molecule has 6 rings (SSSR count). The first-order valence-electron chi connectivity index (χ1n) is 15.7. The van der Waals surface area contributed by atoms with E-state index >= 15 is 0 Å². The molecule has 268 valence electrons. The standard InChI is InChI=1S/C36H32F6N4O5/c1-17-8-20(33(47)48)9-18(2)30(17)21-12-25(32(50-5)44-15-21)26-16-43-29(45(3)4)14-24(26)27-6-7-28-31(51-34(49)46(27)28)19-10-22(35(37,38)39)13-23(11-19)36(40,41)42/h8-16,27-28,31H,6-7H2,1-5H3,(H,47,48)/t27-,28-,31+/m0/s1. The van der Waals surface area contributed by atoms with Gasteiger partial charge in [0.15, 0.2) is 0 Å². The Hall–Kier alpha value is -5.34. The molecule has 4 aromatic rings. The van der Waals surface area contributed by atoms with Crippen LogP contribution in [0.2, 0.25) is 0 Å². The largest absolute Gasteiger partial charge is 0.481 e. The normalized spacial score (nSPS) is 18.8. The Bertz CT molecular complexity index is 1990. The molecule has 51 heavy (non-hydrogen) atoms. The van der Waals surface area contributed by atoms with Crippen molar-refractivity contribution >= 4 is 17.9 Å². The van der Waals surface area contributed by atoms with Gasteiger partial charge in [-0.1, -0.05) is 0 Å². The van der Waals surface area contributed by atoms with Crippen LogP contribution in [0, 0.1) is 13.8 Å². The van der Waals surface area contributed by atoms with Crippen LogP contribution in [0.1, 0.15) is 68.7 Å². The average Bonchev–Trinajstić information content (AvgIpc) is 3.64. The molecule has 2 aromatic carbocycles. The van der Waals surface area contributed by atoms with Crippen molar-refractivity contribution in [3.8, 4) is 28.1 Å². The predicted molar refractivity (Wildman–Crippen MR) is 173 cm³/mol. The van der Waals surface area contributed by atoms with Crippen LogP contribution in [-0.4, -0.2) is 59.3 Å². The van der Waals surface area contributed by atoms with Crippen molar-refractivity contribution in [3.63, 3.8) is 0 Å². The number of anilines is 1. The quantitative estimate of drug-likeness (QED) is 0.190. The van der Waals surface area contributed by atoms with Crippen LogP contribution in [0.3, 0.4) is 0 Å². The molecule has 2 aliphatic rings. The monoisotopic (exact) mass is 714 g/mol. The maximum atomic E-state index is 13.7. The number of hydrogen-bond acceptors (Lipinski definition) is 7. The molecule has 2 aromatic heterocycles. The van der Waals surface area contributed by atoms with Gasteiger partial charge in [0.2, 0.25) is 5.88 Å². The Balaban J connectivity index is 1.46. The molecule has 9 nitrogen and oxygen atoms in total. The SMILES string of the molecule is COc1ncc(-c2c(C)cc(C(=O)O)cc2C)cc1-c1cnc(N(C)C)cc1[C@@H]1CC[C@H]2[C@@H](c3cc(C(F)(F)F)cc(C(F)(F)F)c3)OC(=O)N12. The molecule has 0 bridgehead atoms. The average molecular weight is 715 g/mol. The van der Waals surface area contributed by atoms with Crippen molar-refractivity contribution in [2.24, 2.45) is 0 Å². The van der Waals surface area contributed by atoms with Gasteiger partial charge in [0.05, 0.1) is 35.9 Å². The summed E-state index contributed by atoms with van der Waals surface area (Å²) in [7, 11) is 4.97. The maximum absolute atomic E-state index is 13.7. The number of alkyl halides is 6. The van der Waals surface area contributed by atoms with E-state index in [1.54, 1.807) is 63.4 Å². The van der Waals surface area contributed by atoms with E-state index in [0.29, 0.717) is 57.8 Å². The second-order valence-electron chi connectivity index (χ2n) is 12.8. The first-order valence-corrected chi connectivity index (χ1v) is 15.7. The summed E-state index contributed by atoms with van der Waals surface area (Å²) in [5.41, 5.74) is 1.12. The lowest BCUT2D eigenvalue weighted by molar-refractivity contribution is -0.143. The highest BCUT2D eigenvalue weighted by Crippen LogP contribution is 2.51. The Morgan fingerprint density at radius 1 is 0.902 bits per heavy atom. The summed E-state index contributed by atoms with van der Waals surface area (Å²) in [6, 6.07) is 6.37. The van der Waals surface area contributed by atoms with Crippen LogP contribution in [0.4, 0.5) is 37.0 Å². The number of pyridine rings is 2. The van der Waals surface area contributed by atoms with Crippen molar-refractivity contribution in [2.45, 2.75) is 57.2 Å². The van der Waals surface area contributed by atoms with E-state index in [0.717, 1.165) is 5.56 Å². The lowest BCUT2D eigenvalue weighted by Crippen LogP contribution is -2.31. The number of carbonyl (C=O) groups excluding carboxylic acids is 1. The van der Waals surface area contributed by atoms with Crippen LogP contribution < -0.4 is 9.64 Å². The molecule has 0 radical (unpaired) electrons. The number of ether oxygens (including phenoxy) is 2. The van der Waals surface area contributed by atoms with Crippen molar-refractivity contribution in [1.29, 1.82) is 0 Å². The molecule has 0 spiro atoms. The summed E-state index contributed by atoms with van der Waals surface area (Å²) in [6.45, 7) is 3.57. The van der Waals surface area contributed by atoms with Crippen molar-refractivity contribution in [3.05, 3.63) is 93.8 Å². The van der Waals surface area contributed by atoms with Crippen LogP contribution in [-0.2, 0) is 17.1 Å². The Labute approximate surface area is 288 Å². The lowest BCUT2D eigenvalue weighted by atomic mass is 9.91. The Kier molecular flexibility index (Phi) is 8.88. The zero-order chi connectivity index (χ0) is 37.2. The van der Waals surface area contributed by atoms with Gasteiger partial charge in [-0.25, -0.2) is 19.6 Å². The predicted octanol–water partition coefficient (Wildman–Crippen LogP) is 8.63. The smallest absolute Gasteiger partial charge is 0.416 e. The third-order valence-electron chi connectivity index (χ3n) is 9.30. The minimum absolute atomic E-state index is 0.0422. The van der Waals surface area contributed by atoms with E-state index in [9.17, 15) is 41.0 Å². The van der Waals surface area contributed by atoms with Gasteiger partial charge in [-0.3, -0.25) is 4.90 Å². The van der Waals surface area contributed by atoms with E-state index in [4.69, 9.17) is 9.47 Å². The highest BCUT2D eigenvalue weighted by molar-refractivity contribution is 5.90. The molecule has 2 aliphatic heterocycles. The zero-order valence-corrected chi connectivity index (χ0v) is 28.0. The van der Waals surface area contributed by atoms with Crippen LogP contribution in [0.15, 0.2) is 54.9 Å². The van der Waals surface area contributed by atoms with E-state index in [1.807, 2.05) is 6.07 Å². The minimum atomic E-state index is -5.07. The number of carboxylic acid groups (broad SMARTS) is 1. The van der Waals surface area contributed by atoms with Crippen molar-refractivity contribution in [2.75, 3.05) is 26.1 Å². The third-order valence-corrected chi connectivity index (χ3v) is 9.30. The molecule has 0 aliphatic carbocycles. The molecular formula is C36H32F6N4O5. The zero-order valence-electron chi connectivity index (χ0n) is 28.0. The molecule has 1 amide bonds. The molecule has 2 saturated heterocycles. The number of nitrogens with zero attached hydrogens (tertiary/aromatic N) is 4. The van der Waals surface area contributed by atoms with E-state index in [-0.39, 0.29) is 23.9 Å². The molecule has 15 heteroatoms. The first kappa shape index (κ1) is 35.5. The Morgan fingerprint density at radius 3 is 2.08 bits per heavy atom. The second kappa shape index (κ2) is 12.8. The lowest BCUT2D eigenvalue weighted by Gasteiger charge is -2.26. The van der Waals surface area contributed by atoms with E-state index in [1.165, 1.54) is 12.0 Å². The number of amides is 1. The summed E-state index contributed by atoms with van der Waals surface area (Å²) in [5, 5.41) is 9.54. The first-order chi connectivity index (χ1) is 23.9. The van der Waals surface area contributed by atoms with E-state index < -0.39 is 59.3 Å². The number of aromatic carboxylic acids is 1. The number of aromatic nitrogens is 2. The fourth-order valence-corrected chi connectivity index (χ4v) is 7.08. The number of rotatable bonds is 7. The summed E-state index contributed by atoms with van der Waals surface area (Å²) >= 11 is 0. The number of aryl methyl sites for hydroxylation is 2. The van der Waals surface area contributed by atoms with Gasteiger partial charge in [0.25, 0.3) is 0 Å². The fraction of sp³-hybridized carbons (Fsp3) is 0.333. The van der Waals surface area contributed by atoms with Crippen LogP contribution in [0.5, 0.6) is 5.88 Å². The molecular weight excluding hydrogens is 682 g/mol. The van der Waals surface area contributed by atoms with Gasteiger partial charge < -0.3 is 19.5 Å².